The minimum Gasteiger partial charge on any atom is -0.324 e. The van der Waals surface area contributed by atoms with Gasteiger partial charge in [0.25, 0.3) is 0 Å². The Labute approximate surface area is 167 Å². The first-order chi connectivity index (χ1) is 12.1. The number of anilines is 1. The number of sulfone groups is 1. The Morgan fingerprint density at radius 1 is 1.08 bits per heavy atom. The van der Waals surface area contributed by atoms with Crippen LogP contribution in [0, 0.1) is 0 Å². The number of amides is 1. The van der Waals surface area contributed by atoms with Gasteiger partial charge in [0.05, 0.1) is 22.2 Å². The lowest BCUT2D eigenvalue weighted by Crippen LogP contribution is -2.30. The minimum atomic E-state index is -3.40. The zero-order valence-electron chi connectivity index (χ0n) is 14.0. The Morgan fingerprint density at radius 2 is 1.77 bits per heavy atom. The van der Waals surface area contributed by atoms with E-state index in [2.05, 4.69) is 10.6 Å². The van der Waals surface area contributed by atoms with Crippen LogP contribution in [0.4, 0.5) is 5.69 Å². The van der Waals surface area contributed by atoms with Crippen LogP contribution in [0.3, 0.4) is 0 Å². The molecular formula is C17H17Cl3N2O3S. The Kier molecular flexibility index (Phi) is 6.93. The lowest BCUT2D eigenvalue weighted by atomic mass is 10.1. The normalized spacial score (nSPS) is 12.7. The fourth-order valence-electron chi connectivity index (χ4n) is 2.23. The largest absolute Gasteiger partial charge is 0.324 e. The topological polar surface area (TPSA) is 75.3 Å². The molecule has 0 fully saturated rings. The van der Waals surface area contributed by atoms with Gasteiger partial charge in [0.1, 0.15) is 0 Å². The van der Waals surface area contributed by atoms with Crippen LogP contribution in [0.5, 0.6) is 0 Å². The maximum atomic E-state index is 12.2. The van der Waals surface area contributed by atoms with Crippen LogP contribution in [0.25, 0.3) is 0 Å². The summed E-state index contributed by atoms with van der Waals surface area (Å²) in [6, 6.07) is 9.09. The van der Waals surface area contributed by atoms with Crippen molar-refractivity contribution in [2.75, 3.05) is 18.1 Å². The van der Waals surface area contributed by atoms with Gasteiger partial charge in [0.2, 0.25) is 5.91 Å². The molecule has 9 heteroatoms. The molecule has 2 N–H and O–H groups in total. The van der Waals surface area contributed by atoms with Crippen LogP contribution in [0.2, 0.25) is 15.1 Å². The molecule has 140 valence electrons. The average Bonchev–Trinajstić information content (AvgIpc) is 2.53. The number of hydrogen-bond donors (Lipinski definition) is 2. The molecule has 1 amide bonds. The average molecular weight is 436 g/mol. The fourth-order valence-corrected chi connectivity index (χ4v) is 3.62. The van der Waals surface area contributed by atoms with Gasteiger partial charge in [0, 0.05) is 22.3 Å². The summed E-state index contributed by atoms with van der Waals surface area (Å²) in [5.74, 6) is -0.366. The van der Waals surface area contributed by atoms with E-state index in [1.54, 1.807) is 18.2 Å². The third-order valence-electron chi connectivity index (χ3n) is 3.64. The predicted octanol–water partition coefficient (Wildman–Crippen LogP) is 4.34. The molecule has 0 spiro atoms. The summed E-state index contributed by atoms with van der Waals surface area (Å²) in [4.78, 5) is 12.2. The lowest BCUT2D eigenvalue weighted by molar-refractivity contribution is -0.115. The lowest BCUT2D eigenvalue weighted by Gasteiger charge is -2.16. The predicted molar refractivity (Wildman–Crippen MR) is 106 cm³/mol. The SMILES string of the molecule is C[C@H](NCC(=O)Nc1cc(S(C)(=O)=O)ccc1Cl)c1ccc(Cl)cc1Cl. The molecule has 2 aromatic rings. The Hall–Kier alpha value is -1.31. The molecule has 26 heavy (non-hydrogen) atoms. The van der Waals surface area contributed by atoms with Gasteiger partial charge < -0.3 is 10.6 Å². The second kappa shape index (κ2) is 8.59. The summed E-state index contributed by atoms with van der Waals surface area (Å²) in [6.45, 7) is 1.85. The van der Waals surface area contributed by atoms with E-state index in [-0.39, 0.29) is 34.1 Å². The number of nitrogens with one attached hydrogen (secondary N) is 2. The van der Waals surface area contributed by atoms with Crippen LogP contribution in [-0.4, -0.2) is 27.1 Å². The van der Waals surface area contributed by atoms with Gasteiger partial charge in [-0.15, -0.1) is 0 Å². The highest BCUT2D eigenvalue weighted by Gasteiger charge is 2.14. The van der Waals surface area contributed by atoms with E-state index in [9.17, 15) is 13.2 Å². The Balaban J connectivity index is 2.03. The molecule has 0 saturated heterocycles. The summed E-state index contributed by atoms with van der Waals surface area (Å²) < 4.78 is 23.2. The van der Waals surface area contributed by atoms with Gasteiger partial charge in [0.15, 0.2) is 9.84 Å². The monoisotopic (exact) mass is 434 g/mol. The summed E-state index contributed by atoms with van der Waals surface area (Å²) in [5, 5.41) is 6.93. The second-order valence-corrected chi connectivity index (χ2v) is 9.00. The van der Waals surface area contributed by atoms with Crippen molar-refractivity contribution in [2.45, 2.75) is 17.9 Å². The van der Waals surface area contributed by atoms with Gasteiger partial charge in [-0.3, -0.25) is 4.79 Å². The molecule has 2 aromatic carbocycles. The van der Waals surface area contributed by atoms with Gasteiger partial charge in [-0.1, -0.05) is 40.9 Å². The number of hydrogen-bond acceptors (Lipinski definition) is 4. The van der Waals surface area contributed by atoms with Crippen LogP contribution < -0.4 is 10.6 Å². The van der Waals surface area contributed by atoms with Crippen molar-refractivity contribution in [2.24, 2.45) is 0 Å². The van der Waals surface area contributed by atoms with Crippen molar-refractivity contribution in [1.29, 1.82) is 0 Å². The number of halogens is 3. The van der Waals surface area contributed by atoms with Crippen molar-refractivity contribution in [3.05, 3.63) is 57.0 Å². The van der Waals surface area contributed by atoms with Crippen molar-refractivity contribution >= 4 is 56.2 Å². The first kappa shape index (κ1) is 21.0. The van der Waals surface area contributed by atoms with E-state index in [0.717, 1.165) is 11.8 Å². The number of carbonyl (C=O) groups excluding carboxylic acids is 1. The Morgan fingerprint density at radius 3 is 2.38 bits per heavy atom. The van der Waals surface area contributed by atoms with E-state index in [1.165, 1.54) is 18.2 Å². The van der Waals surface area contributed by atoms with Gasteiger partial charge >= 0.3 is 0 Å². The van der Waals surface area contributed by atoms with E-state index in [4.69, 9.17) is 34.8 Å². The first-order valence-corrected chi connectivity index (χ1v) is 10.6. The van der Waals surface area contributed by atoms with E-state index < -0.39 is 9.84 Å². The van der Waals surface area contributed by atoms with Crippen molar-refractivity contribution in [1.82, 2.24) is 5.32 Å². The third-order valence-corrected chi connectivity index (χ3v) is 5.64. The molecule has 0 aliphatic carbocycles. The smallest absolute Gasteiger partial charge is 0.238 e. The molecule has 0 aromatic heterocycles. The number of rotatable bonds is 6. The summed E-state index contributed by atoms with van der Waals surface area (Å²) >= 11 is 18.1. The van der Waals surface area contributed by atoms with Crippen molar-refractivity contribution < 1.29 is 13.2 Å². The van der Waals surface area contributed by atoms with E-state index in [0.29, 0.717) is 10.0 Å². The third kappa shape index (κ3) is 5.59. The highest BCUT2D eigenvalue weighted by Crippen LogP contribution is 2.27. The summed E-state index contributed by atoms with van der Waals surface area (Å²) in [6.07, 6.45) is 1.08. The zero-order chi connectivity index (χ0) is 19.5. The standard InChI is InChI=1S/C17H17Cl3N2O3S/c1-10(13-5-3-11(18)7-15(13)20)21-9-17(23)22-16-8-12(26(2,24)25)4-6-14(16)19/h3-8,10,21H,9H2,1-2H3,(H,22,23)/t10-/m0/s1. The van der Waals surface area contributed by atoms with Gasteiger partial charge in [-0.05, 0) is 42.8 Å². The molecule has 5 nitrogen and oxygen atoms in total. The number of benzene rings is 2. The number of carbonyl (C=O) groups is 1. The molecule has 0 unspecified atom stereocenters. The molecule has 0 saturated carbocycles. The quantitative estimate of drug-likeness (QED) is 0.708. The second-order valence-electron chi connectivity index (χ2n) is 5.73. The van der Waals surface area contributed by atoms with Gasteiger partial charge in [-0.25, -0.2) is 8.42 Å². The zero-order valence-corrected chi connectivity index (χ0v) is 17.1. The molecule has 0 aliphatic heterocycles. The maximum Gasteiger partial charge on any atom is 0.238 e. The van der Waals surface area contributed by atoms with Crippen LogP contribution in [0.15, 0.2) is 41.3 Å². The maximum absolute atomic E-state index is 12.2. The molecule has 0 bridgehead atoms. The van der Waals surface area contributed by atoms with Crippen molar-refractivity contribution in [3.63, 3.8) is 0 Å². The van der Waals surface area contributed by atoms with E-state index in [1.807, 2.05) is 6.92 Å². The fraction of sp³-hybridized carbons (Fsp3) is 0.235. The van der Waals surface area contributed by atoms with Crippen LogP contribution in [0.1, 0.15) is 18.5 Å². The molecule has 2 rings (SSSR count). The van der Waals surface area contributed by atoms with Crippen LogP contribution in [-0.2, 0) is 14.6 Å². The van der Waals surface area contributed by atoms with Crippen LogP contribution >= 0.6 is 34.8 Å². The van der Waals surface area contributed by atoms with Gasteiger partial charge in [-0.2, -0.15) is 0 Å². The molecule has 0 radical (unpaired) electrons. The van der Waals surface area contributed by atoms with Crippen molar-refractivity contribution in [3.8, 4) is 0 Å². The Bertz CT molecular complexity index is 933. The first-order valence-electron chi connectivity index (χ1n) is 7.55. The molecule has 1 atom stereocenters. The summed E-state index contributed by atoms with van der Waals surface area (Å²) in [5.41, 5.74) is 1.04. The highest BCUT2D eigenvalue weighted by molar-refractivity contribution is 7.90. The molecule has 0 heterocycles. The van der Waals surface area contributed by atoms with E-state index >= 15 is 0 Å². The molecular weight excluding hydrogens is 419 g/mol. The molecule has 0 aliphatic rings. The minimum absolute atomic E-state index is 0.0143. The summed E-state index contributed by atoms with van der Waals surface area (Å²) in [7, 11) is -3.40. The highest BCUT2D eigenvalue weighted by atomic mass is 35.5.